The summed E-state index contributed by atoms with van der Waals surface area (Å²) < 4.78 is 0. The number of aliphatic hydroxyl groups is 2. The molecule has 0 heterocycles. The molecule has 3 aliphatic carbocycles. The normalized spacial score (nSPS) is 38.6. The van der Waals surface area contributed by atoms with Crippen LogP contribution in [0.1, 0.15) is 19.3 Å². The fourth-order valence-corrected chi connectivity index (χ4v) is 2.51. The van der Waals surface area contributed by atoms with Gasteiger partial charge < -0.3 is 10.2 Å². The van der Waals surface area contributed by atoms with Gasteiger partial charge in [0, 0.05) is 10.8 Å². The van der Waals surface area contributed by atoms with Crippen LogP contribution in [0.25, 0.3) is 0 Å². The lowest BCUT2D eigenvalue weighted by Crippen LogP contribution is -2.60. The quantitative estimate of drug-likeness (QED) is 0.516. The second-order valence-electron chi connectivity index (χ2n) is 4.01. The molecule has 2 nitrogen and oxygen atoms in total. The van der Waals surface area contributed by atoms with E-state index in [9.17, 15) is 0 Å². The van der Waals surface area contributed by atoms with Crippen LogP contribution in [0, 0.1) is 34.5 Å². The molecule has 0 unspecified atom stereocenters. The maximum Gasteiger partial charge on any atom is 0.104 e. The van der Waals surface area contributed by atoms with E-state index in [0.29, 0.717) is 0 Å². The minimum absolute atomic E-state index is 0.0446. The summed E-state index contributed by atoms with van der Waals surface area (Å²) in [4.78, 5) is 0. The number of hydrogen-bond donors (Lipinski definition) is 2. The summed E-state index contributed by atoms with van der Waals surface area (Å²) >= 11 is 0. The van der Waals surface area contributed by atoms with Crippen LogP contribution in [-0.2, 0) is 0 Å². The molecule has 0 aromatic rings. The first-order chi connectivity index (χ1) is 6.24. The Morgan fingerprint density at radius 3 is 1.54 bits per heavy atom. The second-order valence-corrected chi connectivity index (χ2v) is 4.01. The fourth-order valence-electron chi connectivity index (χ4n) is 2.51. The number of rotatable bonds is 0. The van der Waals surface area contributed by atoms with Gasteiger partial charge in [0.05, 0.1) is 0 Å². The molecule has 2 bridgehead atoms. The van der Waals surface area contributed by atoms with Gasteiger partial charge in [-0.15, -0.1) is 0 Å². The highest BCUT2D eigenvalue weighted by Crippen LogP contribution is 2.72. The Morgan fingerprint density at radius 1 is 0.846 bits per heavy atom. The van der Waals surface area contributed by atoms with E-state index in [-0.39, 0.29) is 24.0 Å². The molecular weight excluding hydrogens is 164 g/mol. The highest BCUT2D eigenvalue weighted by molar-refractivity contribution is 5.38. The summed E-state index contributed by atoms with van der Waals surface area (Å²) in [6.45, 7) is -0.0891. The zero-order valence-corrected chi connectivity index (χ0v) is 7.43. The molecule has 3 fully saturated rings. The van der Waals surface area contributed by atoms with E-state index in [4.69, 9.17) is 10.2 Å². The summed E-state index contributed by atoms with van der Waals surface area (Å²) in [5.41, 5.74) is 0.347. The van der Waals surface area contributed by atoms with Gasteiger partial charge in [-0.05, 0) is 19.3 Å². The van der Waals surface area contributed by atoms with Crippen molar-refractivity contribution in [1.29, 1.82) is 0 Å². The molecule has 3 rings (SSSR count). The van der Waals surface area contributed by atoms with E-state index < -0.39 is 0 Å². The Morgan fingerprint density at radius 2 is 1.23 bits per heavy atom. The van der Waals surface area contributed by atoms with Crippen LogP contribution >= 0.6 is 0 Å². The van der Waals surface area contributed by atoms with E-state index in [2.05, 4.69) is 23.7 Å². The molecule has 0 aromatic heterocycles. The minimum Gasteiger partial charge on any atom is -0.384 e. The van der Waals surface area contributed by atoms with Crippen LogP contribution in [0.5, 0.6) is 0 Å². The van der Waals surface area contributed by atoms with Crippen molar-refractivity contribution in [3.05, 3.63) is 0 Å². The molecule has 0 atom stereocenters. The predicted molar refractivity (Wildman–Crippen MR) is 48.4 cm³/mol. The number of aliphatic hydroxyl groups excluding tert-OH is 2. The first kappa shape index (κ1) is 8.63. The van der Waals surface area contributed by atoms with Crippen molar-refractivity contribution in [3.63, 3.8) is 0 Å². The minimum atomic E-state index is -0.0446. The Balaban J connectivity index is 1.93. The first-order valence-electron chi connectivity index (χ1n) is 4.46. The fraction of sp³-hybridized carbons (Fsp3) is 0.636. The molecule has 2 heteroatoms. The van der Waals surface area contributed by atoms with Crippen LogP contribution in [0.2, 0.25) is 0 Å². The standard InChI is InChI=1S/C11H12O2/c12-5-1-3-10-7-11(8-10,9-10)4-2-6-13/h12-13H,5-9H2. The lowest BCUT2D eigenvalue weighted by atomic mass is 9.36. The van der Waals surface area contributed by atoms with Crippen LogP contribution in [0.3, 0.4) is 0 Å². The molecule has 2 N–H and O–H groups in total. The van der Waals surface area contributed by atoms with Crippen molar-refractivity contribution in [2.75, 3.05) is 13.2 Å². The van der Waals surface area contributed by atoms with Gasteiger partial charge in [-0.25, -0.2) is 0 Å². The van der Waals surface area contributed by atoms with E-state index in [0.717, 1.165) is 19.3 Å². The summed E-state index contributed by atoms with van der Waals surface area (Å²) in [7, 11) is 0. The van der Waals surface area contributed by atoms with Crippen LogP contribution in [0.4, 0.5) is 0 Å². The molecule has 68 valence electrons. The van der Waals surface area contributed by atoms with Gasteiger partial charge in [0.2, 0.25) is 0 Å². The first-order valence-corrected chi connectivity index (χ1v) is 4.46. The van der Waals surface area contributed by atoms with E-state index in [1.165, 1.54) is 0 Å². The van der Waals surface area contributed by atoms with Gasteiger partial charge in [-0.2, -0.15) is 0 Å². The van der Waals surface area contributed by atoms with Crippen molar-refractivity contribution in [3.8, 4) is 23.7 Å². The largest absolute Gasteiger partial charge is 0.384 e. The summed E-state index contributed by atoms with van der Waals surface area (Å²) in [6.07, 6.45) is 3.08. The molecule has 0 aromatic carbocycles. The monoisotopic (exact) mass is 176 g/mol. The van der Waals surface area contributed by atoms with Crippen molar-refractivity contribution < 1.29 is 10.2 Å². The van der Waals surface area contributed by atoms with Crippen molar-refractivity contribution in [2.24, 2.45) is 10.8 Å². The maximum absolute atomic E-state index is 8.54. The van der Waals surface area contributed by atoms with Gasteiger partial charge in [0.25, 0.3) is 0 Å². The number of hydrogen-bond acceptors (Lipinski definition) is 2. The molecule has 3 aliphatic rings. The molecule has 3 saturated carbocycles. The molecule has 0 aliphatic heterocycles. The average Bonchev–Trinajstić information content (AvgIpc) is 1.99. The van der Waals surface area contributed by atoms with Gasteiger partial charge >= 0.3 is 0 Å². The highest BCUT2D eigenvalue weighted by atomic mass is 16.3. The van der Waals surface area contributed by atoms with Crippen LogP contribution in [-0.4, -0.2) is 23.4 Å². The van der Waals surface area contributed by atoms with Crippen molar-refractivity contribution >= 4 is 0 Å². The maximum atomic E-state index is 8.54. The third-order valence-electron chi connectivity index (χ3n) is 2.90. The molecule has 0 amide bonds. The predicted octanol–water partition coefficient (Wildman–Crippen LogP) is 0.148. The van der Waals surface area contributed by atoms with Crippen LogP contribution in [0.15, 0.2) is 0 Å². The van der Waals surface area contributed by atoms with E-state index in [1.807, 2.05) is 0 Å². The van der Waals surface area contributed by atoms with Crippen molar-refractivity contribution in [1.82, 2.24) is 0 Å². The zero-order chi connectivity index (χ0) is 9.36. The van der Waals surface area contributed by atoms with Gasteiger partial charge in [-0.3, -0.25) is 0 Å². The second kappa shape index (κ2) is 2.77. The lowest BCUT2D eigenvalue weighted by molar-refractivity contribution is -0.113. The molecule has 13 heavy (non-hydrogen) atoms. The van der Waals surface area contributed by atoms with Gasteiger partial charge in [0.15, 0.2) is 0 Å². The van der Waals surface area contributed by atoms with Crippen molar-refractivity contribution in [2.45, 2.75) is 19.3 Å². The molecule has 0 saturated heterocycles. The molecular formula is C11H12O2. The van der Waals surface area contributed by atoms with E-state index in [1.54, 1.807) is 0 Å². The highest BCUT2D eigenvalue weighted by Gasteiger charge is 2.66. The summed E-state index contributed by atoms with van der Waals surface area (Å²) in [5, 5.41) is 17.1. The SMILES string of the molecule is OCC#CC12CC(C#CCO)(C1)C2. The van der Waals surface area contributed by atoms with Gasteiger partial charge in [0.1, 0.15) is 13.2 Å². The lowest BCUT2D eigenvalue weighted by Gasteiger charge is -2.65. The Kier molecular flexibility index (Phi) is 1.84. The Labute approximate surface area is 78.0 Å². The third kappa shape index (κ3) is 1.23. The Bertz CT molecular complexity index is 283. The average molecular weight is 176 g/mol. The van der Waals surface area contributed by atoms with Crippen LogP contribution < -0.4 is 0 Å². The van der Waals surface area contributed by atoms with Gasteiger partial charge in [-0.1, -0.05) is 23.7 Å². The van der Waals surface area contributed by atoms with E-state index >= 15 is 0 Å². The topological polar surface area (TPSA) is 40.5 Å². The Hall–Kier alpha value is -0.960. The smallest absolute Gasteiger partial charge is 0.104 e. The molecule has 0 spiro atoms. The zero-order valence-electron chi connectivity index (χ0n) is 7.43. The molecule has 0 radical (unpaired) electrons. The summed E-state index contributed by atoms with van der Waals surface area (Å²) in [6, 6.07) is 0. The third-order valence-corrected chi connectivity index (χ3v) is 2.90. The summed E-state index contributed by atoms with van der Waals surface area (Å²) in [5.74, 6) is 11.6.